The Bertz CT molecular complexity index is 1240. The van der Waals surface area contributed by atoms with Gasteiger partial charge in [-0.05, 0) is 54.4 Å². The number of aryl methyl sites for hydroxylation is 1. The zero-order chi connectivity index (χ0) is 23.3. The van der Waals surface area contributed by atoms with Crippen molar-refractivity contribution < 1.29 is 22.9 Å². The molecule has 0 heterocycles. The Morgan fingerprint density at radius 2 is 1.69 bits per heavy atom. The van der Waals surface area contributed by atoms with E-state index in [4.69, 9.17) is 4.74 Å². The number of methoxy groups -OCH3 is 1. The van der Waals surface area contributed by atoms with Gasteiger partial charge in [0.25, 0.3) is 21.6 Å². The third-order valence-corrected chi connectivity index (χ3v) is 6.09. The smallest absolute Gasteiger partial charge is 0.269 e. The molecule has 3 aromatic rings. The highest BCUT2D eigenvalue weighted by molar-refractivity contribution is 7.92. The molecule has 9 nitrogen and oxygen atoms in total. The van der Waals surface area contributed by atoms with Gasteiger partial charge in [0.15, 0.2) is 0 Å². The number of hydrogen-bond donors (Lipinski definition) is 2. The Hall–Kier alpha value is -3.92. The molecule has 0 aliphatic carbocycles. The van der Waals surface area contributed by atoms with E-state index in [0.29, 0.717) is 22.6 Å². The van der Waals surface area contributed by atoms with E-state index in [1.807, 2.05) is 0 Å². The molecule has 0 saturated heterocycles. The van der Waals surface area contributed by atoms with Crippen LogP contribution < -0.4 is 14.8 Å². The van der Waals surface area contributed by atoms with Gasteiger partial charge in [-0.3, -0.25) is 19.6 Å². The topological polar surface area (TPSA) is 128 Å². The number of benzene rings is 3. The maximum Gasteiger partial charge on any atom is 0.269 e. The molecule has 0 aromatic heterocycles. The van der Waals surface area contributed by atoms with Gasteiger partial charge in [-0.1, -0.05) is 18.2 Å². The van der Waals surface area contributed by atoms with Crippen LogP contribution in [-0.4, -0.2) is 26.4 Å². The van der Waals surface area contributed by atoms with Crippen molar-refractivity contribution in [3.8, 4) is 5.75 Å². The van der Waals surface area contributed by atoms with E-state index in [0.717, 1.165) is 0 Å². The molecule has 0 atom stereocenters. The summed E-state index contributed by atoms with van der Waals surface area (Å²) in [4.78, 5) is 22.8. The highest BCUT2D eigenvalue weighted by Gasteiger charge is 2.18. The van der Waals surface area contributed by atoms with E-state index < -0.39 is 20.9 Å². The number of carbonyl (C=O) groups is 1. The number of carbonyl (C=O) groups excluding carboxylic acids is 1. The molecular weight excluding hydrogens is 434 g/mol. The first kappa shape index (κ1) is 22.8. The van der Waals surface area contributed by atoms with Crippen LogP contribution in [-0.2, 0) is 16.6 Å². The Balaban J connectivity index is 1.74. The molecule has 10 heteroatoms. The molecular formula is C22H21N3O6S. The van der Waals surface area contributed by atoms with Crippen molar-refractivity contribution in [3.63, 3.8) is 0 Å². The summed E-state index contributed by atoms with van der Waals surface area (Å²) >= 11 is 0. The monoisotopic (exact) mass is 455 g/mol. The summed E-state index contributed by atoms with van der Waals surface area (Å²) in [5.41, 5.74) is 1.81. The molecule has 3 aromatic carbocycles. The predicted molar refractivity (Wildman–Crippen MR) is 119 cm³/mol. The number of rotatable bonds is 8. The lowest BCUT2D eigenvalue weighted by Crippen LogP contribution is -2.24. The third kappa shape index (κ3) is 5.41. The molecule has 0 fully saturated rings. The Morgan fingerprint density at radius 3 is 2.28 bits per heavy atom. The summed E-state index contributed by atoms with van der Waals surface area (Å²) in [5.74, 6) is 0.137. The third-order valence-electron chi connectivity index (χ3n) is 4.71. The summed E-state index contributed by atoms with van der Waals surface area (Å²) in [6.45, 7) is 1.84. The van der Waals surface area contributed by atoms with Crippen molar-refractivity contribution in [2.45, 2.75) is 18.4 Å². The van der Waals surface area contributed by atoms with Crippen molar-refractivity contribution in [1.29, 1.82) is 0 Å². The molecule has 0 spiro atoms. The number of ether oxygens (including phenoxy) is 1. The summed E-state index contributed by atoms with van der Waals surface area (Å²) < 4.78 is 33.1. The molecule has 0 aliphatic heterocycles. The van der Waals surface area contributed by atoms with Crippen LogP contribution in [0.5, 0.6) is 5.75 Å². The van der Waals surface area contributed by atoms with Gasteiger partial charge < -0.3 is 10.1 Å². The molecule has 0 aliphatic rings. The van der Waals surface area contributed by atoms with E-state index in [2.05, 4.69) is 10.0 Å². The van der Waals surface area contributed by atoms with E-state index in [1.165, 1.54) is 31.4 Å². The molecule has 166 valence electrons. The SMILES string of the molecule is COc1ccc(NS(=O)(=O)c2ccc(C)c(C(=O)NCc3ccc([N+](=O)[O-])cc3)c2)cc1. The Kier molecular flexibility index (Phi) is 6.74. The van der Waals surface area contributed by atoms with Gasteiger partial charge in [-0.15, -0.1) is 0 Å². The highest BCUT2D eigenvalue weighted by atomic mass is 32.2. The number of nitrogens with zero attached hydrogens (tertiary/aromatic N) is 1. The number of sulfonamides is 1. The summed E-state index contributed by atoms with van der Waals surface area (Å²) in [5, 5.41) is 13.4. The number of nitro benzene ring substituents is 1. The fourth-order valence-electron chi connectivity index (χ4n) is 2.90. The largest absolute Gasteiger partial charge is 0.497 e. The zero-order valence-electron chi connectivity index (χ0n) is 17.4. The number of non-ortho nitro benzene ring substituents is 1. The van der Waals surface area contributed by atoms with E-state index in [1.54, 1.807) is 49.4 Å². The fraction of sp³-hybridized carbons (Fsp3) is 0.136. The van der Waals surface area contributed by atoms with Crippen LogP contribution >= 0.6 is 0 Å². The fourth-order valence-corrected chi connectivity index (χ4v) is 3.98. The number of nitro groups is 1. The van der Waals surface area contributed by atoms with Crippen molar-refractivity contribution in [2.24, 2.45) is 0 Å². The number of hydrogen-bond acceptors (Lipinski definition) is 6. The predicted octanol–water partition coefficient (Wildman–Crippen LogP) is 3.64. The van der Waals surface area contributed by atoms with Gasteiger partial charge in [0, 0.05) is 29.9 Å². The standard InChI is InChI=1S/C22H21N3O6S/c1-15-3-12-20(32(29,30)24-17-6-10-19(31-2)11-7-17)13-21(15)22(26)23-14-16-4-8-18(9-5-16)25(27)28/h3-13,24H,14H2,1-2H3,(H,23,26). The first-order valence-electron chi connectivity index (χ1n) is 9.48. The van der Waals surface area contributed by atoms with Crippen molar-refractivity contribution >= 4 is 27.3 Å². The summed E-state index contributed by atoms with van der Waals surface area (Å²) in [6.07, 6.45) is 0. The number of nitrogens with one attached hydrogen (secondary N) is 2. The number of amides is 1. The van der Waals surface area contributed by atoms with Crippen LogP contribution in [0.4, 0.5) is 11.4 Å². The quantitative estimate of drug-likeness (QED) is 0.394. The maximum absolute atomic E-state index is 12.8. The minimum absolute atomic E-state index is 0.0433. The van der Waals surface area contributed by atoms with Crippen LogP contribution in [0.2, 0.25) is 0 Å². The van der Waals surface area contributed by atoms with Gasteiger partial charge in [0.1, 0.15) is 5.75 Å². The maximum atomic E-state index is 12.8. The molecule has 3 rings (SSSR count). The summed E-state index contributed by atoms with van der Waals surface area (Å²) in [7, 11) is -2.41. The van der Waals surface area contributed by atoms with Gasteiger partial charge in [-0.25, -0.2) is 8.42 Å². The van der Waals surface area contributed by atoms with Crippen LogP contribution in [0.25, 0.3) is 0 Å². The minimum Gasteiger partial charge on any atom is -0.497 e. The van der Waals surface area contributed by atoms with Gasteiger partial charge >= 0.3 is 0 Å². The Morgan fingerprint density at radius 1 is 1.03 bits per heavy atom. The molecule has 0 saturated carbocycles. The normalized spacial score (nSPS) is 10.9. The number of anilines is 1. The molecule has 0 radical (unpaired) electrons. The van der Waals surface area contributed by atoms with E-state index >= 15 is 0 Å². The molecule has 32 heavy (non-hydrogen) atoms. The van der Waals surface area contributed by atoms with Gasteiger partial charge in [0.2, 0.25) is 0 Å². The second-order valence-electron chi connectivity index (χ2n) is 6.92. The van der Waals surface area contributed by atoms with Crippen LogP contribution in [0.1, 0.15) is 21.5 Å². The van der Waals surface area contributed by atoms with Crippen molar-refractivity contribution in [1.82, 2.24) is 5.32 Å². The molecule has 0 unspecified atom stereocenters. The second kappa shape index (κ2) is 9.48. The Labute approximate surface area is 185 Å². The minimum atomic E-state index is -3.92. The summed E-state index contributed by atoms with van der Waals surface area (Å²) in [6, 6.07) is 16.5. The second-order valence-corrected chi connectivity index (χ2v) is 8.60. The van der Waals surface area contributed by atoms with Crippen LogP contribution in [0.3, 0.4) is 0 Å². The highest BCUT2D eigenvalue weighted by Crippen LogP contribution is 2.21. The molecule has 0 bridgehead atoms. The lowest BCUT2D eigenvalue weighted by molar-refractivity contribution is -0.384. The van der Waals surface area contributed by atoms with E-state index in [9.17, 15) is 23.3 Å². The lowest BCUT2D eigenvalue weighted by Gasteiger charge is -2.12. The first-order valence-corrected chi connectivity index (χ1v) is 11.0. The van der Waals surface area contributed by atoms with Crippen molar-refractivity contribution in [2.75, 3.05) is 11.8 Å². The van der Waals surface area contributed by atoms with Gasteiger partial charge in [-0.2, -0.15) is 0 Å². The van der Waals surface area contributed by atoms with E-state index in [-0.39, 0.29) is 22.7 Å². The average molecular weight is 455 g/mol. The molecule has 1 amide bonds. The zero-order valence-corrected chi connectivity index (χ0v) is 18.2. The lowest BCUT2D eigenvalue weighted by atomic mass is 10.1. The van der Waals surface area contributed by atoms with Crippen LogP contribution in [0.15, 0.2) is 71.6 Å². The van der Waals surface area contributed by atoms with Gasteiger partial charge in [0.05, 0.1) is 16.9 Å². The van der Waals surface area contributed by atoms with Crippen molar-refractivity contribution in [3.05, 3.63) is 93.5 Å². The first-order chi connectivity index (χ1) is 15.2. The molecule has 2 N–H and O–H groups in total. The average Bonchev–Trinajstić information content (AvgIpc) is 2.78. The van der Waals surface area contributed by atoms with Crippen LogP contribution in [0, 0.1) is 17.0 Å².